The molecule has 0 saturated heterocycles. The van der Waals surface area contributed by atoms with Crippen LogP contribution in [0.25, 0.3) is 0 Å². The van der Waals surface area contributed by atoms with Crippen LogP contribution in [0, 0.1) is 0 Å². The Bertz CT molecular complexity index is 408. The van der Waals surface area contributed by atoms with Gasteiger partial charge in [-0.05, 0) is 30.7 Å². The average Bonchev–Trinajstić information content (AvgIpc) is 2.41. The topological polar surface area (TPSA) is 0 Å². The maximum Gasteiger partial charge on any atom is 0.137 e. The second kappa shape index (κ2) is 5.15. The van der Waals surface area contributed by atoms with Gasteiger partial charge in [-0.1, -0.05) is 43.3 Å². The van der Waals surface area contributed by atoms with Crippen molar-refractivity contribution >= 4 is 11.4 Å². The third-order valence-corrected chi connectivity index (χ3v) is 3.32. The molecule has 1 nitrogen and oxygen atoms in total. The van der Waals surface area contributed by atoms with Gasteiger partial charge in [0, 0.05) is 0 Å². The third-order valence-electron chi connectivity index (χ3n) is 3.32. The molecule has 0 fully saturated rings. The highest BCUT2D eigenvalue weighted by atomic mass is 15.3. The van der Waals surface area contributed by atoms with Gasteiger partial charge in [-0.2, -0.15) is 0 Å². The Labute approximate surface area is 104 Å². The summed E-state index contributed by atoms with van der Waals surface area (Å²) in [5, 5.41) is 0. The van der Waals surface area contributed by atoms with Gasteiger partial charge in [0.05, 0.1) is 13.6 Å². The molecule has 2 rings (SSSR count). The van der Waals surface area contributed by atoms with Crippen LogP contribution in [0.1, 0.15) is 13.3 Å². The Morgan fingerprint density at radius 3 is 1.53 bits per heavy atom. The summed E-state index contributed by atoms with van der Waals surface area (Å²) in [6.45, 7) is 3.36. The lowest BCUT2D eigenvalue weighted by atomic mass is 10.1. The van der Waals surface area contributed by atoms with Gasteiger partial charge in [0.1, 0.15) is 11.4 Å². The minimum Gasteiger partial charge on any atom is -0.261 e. The normalized spacial score (nSPS) is 11.4. The molecule has 1 heteroatoms. The second-order valence-electron chi connectivity index (χ2n) is 4.59. The van der Waals surface area contributed by atoms with Crippen LogP contribution in [0.5, 0.6) is 0 Å². The van der Waals surface area contributed by atoms with E-state index in [1.54, 1.807) is 0 Å². The highest BCUT2D eigenvalue weighted by molar-refractivity contribution is 5.57. The van der Waals surface area contributed by atoms with E-state index < -0.39 is 0 Å². The monoisotopic (exact) mass is 226 g/mol. The second-order valence-corrected chi connectivity index (χ2v) is 4.59. The Balaban J connectivity index is 2.47. The first-order valence-electron chi connectivity index (χ1n) is 6.24. The van der Waals surface area contributed by atoms with E-state index in [0.29, 0.717) is 0 Å². The van der Waals surface area contributed by atoms with Gasteiger partial charge < -0.3 is 0 Å². The van der Waals surface area contributed by atoms with Gasteiger partial charge >= 0.3 is 0 Å². The van der Waals surface area contributed by atoms with E-state index in [4.69, 9.17) is 0 Å². The molecule has 0 aliphatic carbocycles. The first-order valence-corrected chi connectivity index (χ1v) is 6.24. The molecule has 0 N–H and O–H groups in total. The molecule has 0 atom stereocenters. The minimum absolute atomic E-state index is 0.873. The van der Waals surface area contributed by atoms with Crippen LogP contribution in [0.3, 0.4) is 0 Å². The van der Waals surface area contributed by atoms with Gasteiger partial charge in [0.2, 0.25) is 0 Å². The molecule has 0 aromatic heterocycles. The lowest BCUT2D eigenvalue weighted by Crippen LogP contribution is -2.40. The van der Waals surface area contributed by atoms with Crippen LogP contribution < -0.4 is 4.48 Å². The number of hydrogen-bond donors (Lipinski definition) is 0. The van der Waals surface area contributed by atoms with Gasteiger partial charge in [0.25, 0.3) is 0 Å². The molecule has 0 heterocycles. The van der Waals surface area contributed by atoms with Crippen molar-refractivity contribution in [3.05, 3.63) is 60.7 Å². The molecule has 0 aliphatic heterocycles. The van der Waals surface area contributed by atoms with E-state index in [1.165, 1.54) is 17.8 Å². The van der Waals surface area contributed by atoms with Crippen molar-refractivity contribution in [2.24, 2.45) is 0 Å². The van der Waals surface area contributed by atoms with Crippen LogP contribution in [0.2, 0.25) is 0 Å². The number of benzene rings is 2. The Morgan fingerprint density at radius 1 is 0.765 bits per heavy atom. The smallest absolute Gasteiger partial charge is 0.137 e. The van der Waals surface area contributed by atoms with Crippen LogP contribution >= 0.6 is 0 Å². The zero-order chi connectivity index (χ0) is 12.1. The minimum atomic E-state index is 0.873. The van der Waals surface area contributed by atoms with Gasteiger partial charge in [-0.3, -0.25) is 4.48 Å². The Morgan fingerprint density at radius 2 is 1.18 bits per heavy atom. The number of nitrogens with zero attached hydrogens (tertiary/aromatic N) is 1. The van der Waals surface area contributed by atoms with Crippen LogP contribution in [-0.2, 0) is 0 Å². The summed E-state index contributed by atoms with van der Waals surface area (Å²) < 4.78 is 0.873. The predicted molar refractivity (Wildman–Crippen MR) is 75.4 cm³/mol. The van der Waals surface area contributed by atoms with E-state index in [1.807, 2.05) is 0 Å². The summed E-state index contributed by atoms with van der Waals surface area (Å²) in [4.78, 5) is 0. The average molecular weight is 226 g/mol. The summed E-state index contributed by atoms with van der Waals surface area (Å²) in [5.74, 6) is 0. The van der Waals surface area contributed by atoms with Crippen molar-refractivity contribution < 1.29 is 0 Å². The number of quaternary nitrogens is 1. The lowest BCUT2D eigenvalue weighted by molar-refractivity contribution is 0.454. The van der Waals surface area contributed by atoms with Crippen LogP contribution in [-0.4, -0.2) is 13.6 Å². The molecule has 0 saturated carbocycles. The van der Waals surface area contributed by atoms with Crippen molar-refractivity contribution in [1.82, 2.24) is 4.48 Å². The Kier molecular flexibility index (Phi) is 3.60. The highest BCUT2D eigenvalue weighted by Crippen LogP contribution is 2.32. The van der Waals surface area contributed by atoms with E-state index >= 15 is 0 Å². The fourth-order valence-corrected chi connectivity index (χ4v) is 2.37. The largest absolute Gasteiger partial charge is 0.261 e. The summed E-state index contributed by atoms with van der Waals surface area (Å²) >= 11 is 0. The van der Waals surface area contributed by atoms with Crippen molar-refractivity contribution in [3.8, 4) is 0 Å². The molecule has 0 radical (unpaired) electrons. The highest BCUT2D eigenvalue weighted by Gasteiger charge is 2.26. The van der Waals surface area contributed by atoms with Gasteiger partial charge in [0.15, 0.2) is 0 Å². The standard InChI is InChI=1S/C16H20N/c1-3-14-17(2,15-10-6-4-7-11-15)16-12-8-5-9-13-16/h4-13H,3,14H2,1-2H3/q+1. The number of hydrogen-bond acceptors (Lipinski definition) is 0. The molecular weight excluding hydrogens is 206 g/mol. The summed E-state index contributed by atoms with van der Waals surface area (Å²) in [5.41, 5.74) is 2.70. The van der Waals surface area contributed by atoms with Crippen molar-refractivity contribution in [3.63, 3.8) is 0 Å². The van der Waals surface area contributed by atoms with E-state index in [2.05, 4.69) is 74.6 Å². The molecule has 88 valence electrons. The van der Waals surface area contributed by atoms with E-state index in [9.17, 15) is 0 Å². The fraction of sp³-hybridized carbons (Fsp3) is 0.250. The molecular formula is C16H20N+. The predicted octanol–water partition coefficient (Wildman–Crippen LogP) is 4.37. The third kappa shape index (κ3) is 2.40. The van der Waals surface area contributed by atoms with E-state index in [-0.39, 0.29) is 0 Å². The molecule has 0 amide bonds. The summed E-state index contributed by atoms with van der Waals surface area (Å²) in [6.07, 6.45) is 1.17. The van der Waals surface area contributed by atoms with Crippen molar-refractivity contribution in [2.75, 3.05) is 13.6 Å². The zero-order valence-electron chi connectivity index (χ0n) is 10.6. The van der Waals surface area contributed by atoms with Crippen molar-refractivity contribution in [1.29, 1.82) is 0 Å². The molecule has 0 bridgehead atoms. The van der Waals surface area contributed by atoms with Crippen LogP contribution in [0.4, 0.5) is 11.4 Å². The first-order chi connectivity index (χ1) is 8.27. The summed E-state index contributed by atoms with van der Waals surface area (Å²) in [7, 11) is 2.29. The molecule has 2 aromatic carbocycles. The molecule has 0 spiro atoms. The first kappa shape index (κ1) is 11.9. The number of rotatable bonds is 4. The number of para-hydroxylation sites is 2. The SMILES string of the molecule is CCC[N+](C)(c1ccccc1)c1ccccc1. The van der Waals surface area contributed by atoms with Gasteiger partial charge in [-0.15, -0.1) is 0 Å². The van der Waals surface area contributed by atoms with E-state index in [0.717, 1.165) is 11.0 Å². The molecule has 0 unspecified atom stereocenters. The van der Waals surface area contributed by atoms with Gasteiger partial charge in [-0.25, -0.2) is 0 Å². The molecule has 17 heavy (non-hydrogen) atoms. The lowest BCUT2D eigenvalue weighted by Gasteiger charge is -2.33. The van der Waals surface area contributed by atoms with Crippen molar-refractivity contribution in [2.45, 2.75) is 13.3 Å². The zero-order valence-corrected chi connectivity index (χ0v) is 10.6. The summed E-state index contributed by atoms with van der Waals surface area (Å²) in [6, 6.07) is 21.5. The fourth-order valence-electron chi connectivity index (χ4n) is 2.37. The maximum absolute atomic E-state index is 2.29. The van der Waals surface area contributed by atoms with Crippen LogP contribution in [0.15, 0.2) is 60.7 Å². The molecule has 0 aliphatic rings. The Hall–Kier alpha value is -1.60. The quantitative estimate of drug-likeness (QED) is 0.679. The molecule has 2 aromatic rings. The maximum atomic E-state index is 2.29.